The lowest BCUT2D eigenvalue weighted by Crippen LogP contribution is -2.47. The minimum Gasteiger partial charge on any atom is -0.494 e. The molecule has 0 amide bonds. The SMILES string of the molecule is COc1ccc(CC(F)(CN)C(C)(C)C)cc1F. The second-order valence-corrected chi connectivity index (χ2v) is 5.57. The molecule has 0 aliphatic heterocycles. The van der Waals surface area contributed by atoms with Crippen LogP contribution in [0.3, 0.4) is 0 Å². The van der Waals surface area contributed by atoms with Gasteiger partial charge in [0.1, 0.15) is 5.67 Å². The molecule has 0 radical (unpaired) electrons. The van der Waals surface area contributed by atoms with Gasteiger partial charge in [0, 0.05) is 13.0 Å². The second kappa shape index (κ2) is 5.22. The van der Waals surface area contributed by atoms with Crippen molar-refractivity contribution < 1.29 is 13.5 Å². The zero-order chi connectivity index (χ0) is 14.0. The van der Waals surface area contributed by atoms with Gasteiger partial charge < -0.3 is 10.5 Å². The maximum absolute atomic E-state index is 14.7. The van der Waals surface area contributed by atoms with Crippen LogP contribution in [0.1, 0.15) is 26.3 Å². The van der Waals surface area contributed by atoms with Crippen molar-refractivity contribution in [3.63, 3.8) is 0 Å². The molecule has 1 aromatic carbocycles. The van der Waals surface area contributed by atoms with Crippen LogP contribution < -0.4 is 10.5 Å². The van der Waals surface area contributed by atoms with Crippen LogP contribution in [-0.2, 0) is 6.42 Å². The average Bonchev–Trinajstić information content (AvgIpc) is 2.27. The highest BCUT2D eigenvalue weighted by Crippen LogP contribution is 2.36. The molecule has 0 bridgehead atoms. The minimum absolute atomic E-state index is 0.0912. The van der Waals surface area contributed by atoms with Crippen LogP contribution in [0.2, 0.25) is 0 Å². The van der Waals surface area contributed by atoms with Gasteiger partial charge in [-0.05, 0) is 23.1 Å². The first-order chi connectivity index (χ1) is 8.23. The second-order valence-electron chi connectivity index (χ2n) is 5.57. The largest absolute Gasteiger partial charge is 0.494 e. The van der Waals surface area contributed by atoms with Crippen molar-refractivity contribution in [1.82, 2.24) is 0 Å². The van der Waals surface area contributed by atoms with E-state index in [0.717, 1.165) is 0 Å². The smallest absolute Gasteiger partial charge is 0.165 e. The molecule has 1 aromatic rings. The van der Waals surface area contributed by atoms with Crippen molar-refractivity contribution in [3.8, 4) is 5.75 Å². The van der Waals surface area contributed by atoms with Gasteiger partial charge in [0.05, 0.1) is 7.11 Å². The monoisotopic (exact) mass is 257 g/mol. The number of hydrogen-bond acceptors (Lipinski definition) is 2. The molecule has 18 heavy (non-hydrogen) atoms. The molecule has 1 atom stereocenters. The molecule has 1 unspecified atom stereocenters. The van der Waals surface area contributed by atoms with Crippen molar-refractivity contribution in [1.29, 1.82) is 0 Å². The van der Waals surface area contributed by atoms with Gasteiger partial charge in [0.25, 0.3) is 0 Å². The normalized spacial score (nSPS) is 15.3. The molecular weight excluding hydrogens is 236 g/mol. The molecule has 4 heteroatoms. The lowest BCUT2D eigenvalue weighted by atomic mass is 9.74. The Bertz CT molecular complexity index is 415. The van der Waals surface area contributed by atoms with E-state index in [0.29, 0.717) is 5.56 Å². The van der Waals surface area contributed by atoms with Crippen LogP contribution in [-0.4, -0.2) is 19.3 Å². The number of nitrogens with two attached hydrogens (primary N) is 1. The maximum atomic E-state index is 14.7. The Hall–Kier alpha value is -1.16. The van der Waals surface area contributed by atoms with E-state index >= 15 is 0 Å². The summed E-state index contributed by atoms with van der Waals surface area (Å²) >= 11 is 0. The van der Waals surface area contributed by atoms with E-state index in [-0.39, 0.29) is 18.7 Å². The molecule has 0 saturated heterocycles. The van der Waals surface area contributed by atoms with E-state index in [1.807, 2.05) is 0 Å². The third kappa shape index (κ3) is 2.99. The van der Waals surface area contributed by atoms with Crippen molar-refractivity contribution in [2.24, 2.45) is 11.1 Å². The molecule has 0 heterocycles. The Morgan fingerprint density at radius 2 is 1.89 bits per heavy atom. The summed E-state index contributed by atoms with van der Waals surface area (Å²) in [5, 5.41) is 0. The highest BCUT2D eigenvalue weighted by molar-refractivity contribution is 5.30. The number of rotatable bonds is 4. The van der Waals surface area contributed by atoms with Gasteiger partial charge in [0.2, 0.25) is 0 Å². The van der Waals surface area contributed by atoms with Crippen LogP contribution in [0.4, 0.5) is 8.78 Å². The first-order valence-corrected chi connectivity index (χ1v) is 5.95. The van der Waals surface area contributed by atoms with Gasteiger partial charge >= 0.3 is 0 Å². The number of ether oxygens (including phenoxy) is 1. The Morgan fingerprint density at radius 1 is 1.28 bits per heavy atom. The topological polar surface area (TPSA) is 35.2 Å². The zero-order valence-corrected chi connectivity index (χ0v) is 11.4. The zero-order valence-electron chi connectivity index (χ0n) is 11.4. The molecule has 0 aromatic heterocycles. The van der Waals surface area contributed by atoms with Gasteiger partial charge in [-0.2, -0.15) is 0 Å². The van der Waals surface area contributed by atoms with Crippen LogP contribution >= 0.6 is 0 Å². The summed E-state index contributed by atoms with van der Waals surface area (Å²) in [5.41, 5.74) is 3.96. The van der Waals surface area contributed by atoms with Crippen molar-refractivity contribution in [2.45, 2.75) is 32.9 Å². The van der Waals surface area contributed by atoms with E-state index in [1.165, 1.54) is 19.2 Å². The standard InChI is InChI=1S/C14H21F2NO/c1-13(2,3)14(16,9-17)8-10-5-6-12(18-4)11(15)7-10/h5-7H,8-9,17H2,1-4H3. The molecule has 0 spiro atoms. The fourth-order valence-corrected chi connectivity index (χ4v) is 1.79. The first-order valence-electron chi connectivity index (χ1n) is 5.95. The summed E-state index contributed by atoms with van der Waals surface area (Å²) in [6, 6.07) is 4.47. The minimum atomic E-state index is -1.56. The molecule has 0 fully saturated rings. The highest BCUT2D eigenvalue weighted by Gasteiger charge is 2.41. The predicted octanol–water partition coefficient (Wildman–Crippen LogP) is 3.09. The summed E-state index contributed by atoms with van der Waals surface area (Å²) in [4.78, 5) is 0. The van der Waals surface area contributed by atoms with E-state index < -0.39 is 16.9 Å². The van der Waals surface area contributed by atoms with Crippen LogP contribution in [0.15, 0.2) is 18.2 Å². The Morgan fingerprint density at radius 3 is 2.28 bits per heavy atom. The van der Waals surface area contributed by atoms with Gasteiger partial charge in [-0.1, -0.05) is 26.8 Å². The molecule has 0 aliphatic rings. The molecule has 2 nitrogen and oxygen atoms in total. The van der Waals surface area contributed by atoms with Crippen LogP contribution in [0.5, 0.6) is 5.75 Å². The summed E-state index contributed by atoms with van der Waals surface area (Å²) in [6.45, 7) is 5.28. The number of halogens is 2. The first kappa shape index (κ1) is 14.9. The molecule has 1 rings (SSSR count). The number of methoxy groups -OCH3 is 1. The van der Waals surface area contributed by atoms with Gasteiger partial charge in [-0.25, -0.2) is 8.78 Å². The maximum Gasteiger partial charge on any atom is 0.165 e. The predicted molar refractivity (Wildman–Crippen MR) is 69.0 cm³/mol. The van der Waals surface area contributed by atoms with Crippen molar-refractivity contribution in [2.75, 3.05) is 13.7 Å². The Labute approximate surface area is 107 Å². The summed E-state index contributed by atoms with van der Waals surface area (Å²) in [5.74, 6) is -0.324. The average molecular weight is 257 g/mol. The molecule has 0 saturated carbocycles. The van der Waals surface area contributed by atoms with E-state index in [4.69, 9.17) is 10.5 Å². The molecule has 2 N–H and O–H groups in total. The summed E-state index contributed by atoms with van der Waals surface area (Å²) < 4.78 is 33.1. The quantitative estimate of drug-likeness (QED) is 0.899. The number of benzene rings is 1. The van der Waals surface area contributed by atoms with Gasteiger partial charge in [-0.15, -0.1) is 0 Å². The van der Waals surface area contributed by atoms with Crippen molar-refractivity contribution in [3.05, 3.63) is 29.6 Å². The lowest BCUT2D eigenvalue weighted by Gasteiger charge is -2.37. The van der Waals surface area contributed by atoms with E-state index in [9.17, 15) is 8.78 Å². The molecular formula is C14H21F2NO. The fourth-order valence-electron chi connectivity index (χ4n) is 1.79. The molecule has 0 aliphatic carbocycles. The lowest BCUT2D eigenvalue weighted by molar-refractivity contribution is 0.0381. The van der Waals surface area contributed by atoms with Gasteiger partial charge in [-0.3, -0.25) is 0 Å². The Balaban J connectivity index is 3.00. The Kier molecular flexibility index (Phi) is 4.32. The fraction of sp³-hybridized carbons (Fsp3) is 0.571. The number of alkyl halides is 1. The third-order valence-electron chi connectivity index (χ3n) is 3.37. The third-order valence-corrected chi connectivity index (χ3v) is 3.37. The van der Waals surface area contributed by atoms with Crippen LogP contribution in [0, 0.1) is 11.2 Å². The summed E-state index contributed by atoms with van der Waals surface area (Å²) in [7, 11) is 1.40. The van der Waals surface area contributed by atoms with E-state index in [1.54, 1.807) is 26.8 Å². The highest BCUT2D eigenvalue weighted by atomic mass is 19.1. The summed E-state index contributed by atoms with van der Waals surface area (Å²) in [6.07, 6.45) is 0.0912. The van der Waals surface area contributed by atoms with Crippen LogP contribution in [0.25, 0.3) is 0 Å². The van der Waals surface area contributed by atoms with E-state index in [2.05, 4.69) is 0 Å². The number of hydrogen-bond donors (Lipinski definition) is 1. The van der Waals surface area contributed by atoms with Gasteiger partial charge in [0.15, 0.2) is 11.6 Å². The molecule has 102 valence electrons. The van der Waals surface area contributed by atoms with Crippen molar-refractivity contribution >= 4 is 0 Å².